The Morgan fingerprint density at radius 1 is 1.32 bits per heavy atom. The standard InChI is InChI=1S/C15H24N4/c1-12(2)15(18(3)4)11-16-9-13-10-17-19-8-6-5-7-14(13)19/h5-8,10,12,15-16H,9,11H2,1-4H3. The van der Waals surface area contributed by atoms with Crippen LogP contribution in [0.4, 0.5) is 0 Å². The molecule has 0 fully saturated rings. The van der Waals surface area contributed by atoms with Gasteiger partial charge in [0.05, 0.1) is 11.7 Å². The highest BCUT2D eigenvalue weighted by atomic mass is 15.2. The molecule has 0 saturated heterocycles. The first-order valence-corrected chi connectivity index (χ1v) is 6.88. The summed E-state index contributed by atoms with van der Waals surface area (Å²) in [7, 11) is 4.28. The van der Waals surface area contributed by atoms with E-state index in [1.165, 1.54) is 11.1 Å². The van der Waals surface area contributed by atoms with Gasteiger partial charge in [0.1, 0.15) is 0 Å². The molecule has 0 bridgehead atoms. The summed E-state index contributed by atoms with van der Waals surface area (Å²) in [6.45, 7) is 6.39. The van der Waals surface area contributed by atoms with E-state index < -0.39 is 0 Å². The molecule has 1 unspecified atom stereocenters. The fourth-order valence-corrected chi connectivity index (χ4v) is 2.49. The molecule has 0 aliphatic heterocycles. The van der Waals surface area contributed by atoms with E-state index >= 15 is 0 Å². The third-order valence-electron chi connectivity index (χ3n) is 3.61. The summed E-state index contributed by atoms with van der Waals surface area (Å²) >= 11 is 0. The maximum Gasteiger partial charge on any atom is 0.0706 e. The van der Waals surface area contributed by atoms with E-state index in [9.17, 15) is 0 Å². The normalized spacial score (nSPS) is 13.6. The molecule has 1 atom stereocenters. The van der Waals surface area contributed by atoms with Crippen molar-refractivity contribution in [3.8, 4) is 0 Å². The van der Waals surface area contributed by atoms with Gasteiger partial charge in [0.25, 0.3) is 0 Å². The molecule has 0 spiro atoms. The minimum Gasteiger partial charge on any atom is -0.311 e. The summed E-state index contributed by atoms with van der Waals surface area (Å²) in [5.41, 5.74) is 2.43. The average molecular weight is 260 g/mol. The second kappa shape index (κ2) is 6.17. The van der Waals surface area contributed by atoms with Gasteiger partial charge < -0.3 is 10.2 Å². The van der Waals surface area contributed by atoms with Crippen LogP contribution >= 0.6 is 0 Å². The van der Waals surface area contributed by atoms with E-state index in [4.69, 9.17) is 0 Å². The molecule has 2 aromatic heterocycles. The van der Waals surface area contributed by atoms with Crippen LogP contribution in [0.3, 0.4) is 0 Å². The third kappa shape index (κ3) is 3.33. The number of pyridine rings is 1. The summed E-state index contributed by atoms with van der Waals surface area (Å²) in [5, 5.41) is 7.90. The summed E-state index contributed by atoms with van der Waals surface area (Å²) in [4.78, 5) is 2.29. The number of hydrogen-bond donors (Lipinski definition) is 1. The molecule has 1 N–H and O–H groups in total. The summed E-state index contributed by atoms with van der Waals surface area (Å²) < 4.78 is 1.92. The van der Waals surface area contributed by atoms with Crippen molar-refractivity contribution in [2.45, 2.75) is 26.4 Å². The number of hydrogen-bond acceptors (Lipinski definition) is 3. The Morgan fingerprint density at radius 2 is 2.11 bits per heavy atom. The number of nitrogens with zero attached hydrogens (tertiary/aromatic N) is 3. The van der Waals surface area contributed by atoms with Gasteiger partial charge in [0.2, 0.25) is 0 Å². The lowest BCUT2D eigenvalue weighted by Crippen LogP contribution is -2.41. The van der Waals surface area contributed by atoms with Crippen LogP contribution in [-0.2, 0) is 6.54 Å². The van der Waals surface area contributed by atoms with Crippen molar-refractivity contribution in [1.29, 1.82) is 0 Å². The lowest BCUT2D eigenvalue weighted by Gasteiger charge is -2.28. The smallest absolute Gasteiger partial charge is 0.0706 e. The number of fused-ring (bicyclic) bond motifs is 1. The van der Waals surface area contributed by atoms with Gasteiger partial charge in [-0.15, -0.1) is 0 Å². The zero-order chi connectivity index (χ0) is 13.8. The number of aromatic nitrogens is 2. The molecule has 0 saturated carbocycles. The number of likely N-dealkylation sites (N-methyl/N-ethyl adjacent to an activating group) is 1. The van der Waals surface area contributed by atoms with E-state index in [2.05, 4.69) is 55.4 Å². The minimum absolute atomic E-state index is 0.557. The Labute approximate surface area is 115 Å². The Kier molecular flexibility index (Phi) is 4.56. The average Bonchev–Trinajstić information content (AvgIpc) is 2.77. The second-order valence-corrected chi connectivity index (χ2v) is 5.61. The molecule has 0 aromatic carbocycles. The minimum atomic E-state index is 0.557. The lowest BCUT2D eigenvalue weighted by atomic mass is 10.0. The molecular formula is C15H24N4. The molecule has 4 nitrogen and oxygen atoms in total. The van der Waals surface area contributed by atoms with Crippen LogP contribution in [0.25, 0.3) is 5.52 Å². The van der Waals surface area contributed by atoms with Crippen molar-refractivity contribution in [1.82, 2.24) is 19.8 Å². The van der Waals surface area contributed by atoms with E-state index in [-0.39, 0.29) is 0 Å². The zero-order valence-corrected chi connectivity index (χ0v) is 12.3. The molecule has 2 aromatic rings. The van der Waals surface area contributed by atoms with Crippen LogP contribution in [0, 0.1) is 5.92 Å². The van der Waals surface area contributed by atoms with Crippen molar-refractivity contribution in [3.05, 3.63) is 36.2 Å². The van der Waals surface area contributed by atoms with E-state index in [1.54, 1.807) is 0 Å². The van der Waals surface area contributed by atoms with Crippen LogP contribution in [-0.4, -0.2) is 41.2 Å². The molecule has 0 radical (unpaired) electrons. The van der Waals surface area contributed by atoms with Crippen LogP contribution in [0.1, 0.15) is 19.4 Å². The zero-order valence-electron chi connectivity index (χ0n) is 12.3. The van der Waals surface area contributed by atoms with Crippen LogP contribution in [0.15, 0.2) is 30.6 Å². The molecule has 0 amide bonds. The molecule has 0 aliphatic carbocycles. The number of rotatable bonds is 6. The Bertz CT molecular complexity index is 508. The van der Waals surface area contributed by atoms with E-state index in [0.717, 1.165) is 13.1 Å². The first-order chi connectivity index (χ1) is 9.09. The van der Waals surface area contributed by atoms with Crippen LogP contribution in [0.5, 0.6) is 0 Å². The first kappa shape index (κ1) is 14.0. The first-order valence-electron chi connectivity index (χ1n) is 6.88. The second-order valence-electron chi connectivity index (χ2n) is 5.61. The van der Waals surface area contributed by atoms with Gasteiger partial charge in [-0.1, -0.05) is 19.9 Å². The highest BCUT2D eigenvalue weighted by molar-refractivity contribution is 5.53. The van der Waals surface area contributed by atoms with Crippen molar-refractivity contribution < 1.29 is 0 Å². The van der Waals surface area contributed by atoms with Crippen molar-refractivity contribution >= 4 is 5.52 Å². The number of nitrogens with one attached hydrogen (secondary N) is 1. The van der Waals surface area contributed by atoms with Gasteiger partial charge in [-0.05, 0) is 32.1 Å². The summed E-state index contributed by atoms with van der Waals surface area (Å²) in [5.74, 6) is 0.645. The van der Waals surface area contributed by atoms with Gasteiger partial charge >= 0.3 is 0 Å². The molecule has 2 rings (SSSR count). The Hall–Kier alpha value is -1.39. The van der Waals surface area contributed by atoms with Gasteiger partial charge in [-0.2, -0.15) is 5.10 Å². The van der Waals surface area contributed by atoms with Crippen molar-refractivity contribution in [2.24, 2.45) is 5.92 Å². The fourth-order valence-electron chi connectivity index (χ4n) is 2.49. The van der Waals surface area contributed by atoms with Gasteiger partial charge in [-0.3, -0.25) is 0 Å². The quantitative estimate of drug-likeness (QED) is 0.862. The molecule has 2 heterocycles. The fraction of sp³-hybridized carbons (Fsp3) is 0.533. The highest BCUT2D eigenvalue weighted by Crippen LogP contribution is 2.10. The maximum absolute atomic E-state index is 4.35. The van der Waals surface area contributed by atoms with Crippen LogP contribution < -0.4 is 5.32 Å². The molecular weight excluding hydrogens is 236 g/mol. The van der Waals surface area contributed by atoms with Crippen molar-refractivity contribution in [2.75, 3.05) is 20.6 Å². The molecule has 19 heavy (non-hydrogen) atoms. The molecule has 0 aliphatic rings. The highest BCUT2D eigenvalue weighted by Gasteiger charge is 2.15. The van der Waals surface area contributed by atoms with Gasteiger partial charge in [-0.25, -0.2) is 4.52 Å². The molecule has 104 valence electrons. The summed E-state index contributed by atoms with van der Waals surface area (Å²) in [6.07, 6.45) is 3.93. The van der Waals surface area contributed by atoms with Gasteiger partial charge in [0, 0.05) is 30.9 Å². The predicted molar refractivity (Wildman–Crippen MR) is 79.2 cm³/mol. The van der Waals surface area contributed by atoms with Crippen molar-refractivity contribution in [3.63, 3.8) is 0 Å². The predicted octanol–water partition coefficient (Wildman–Crippen LogP) is 2.01. The topological polar surface area (TPSA) is 32.6 Å². The van der Waals surface area contributed by atoms with Gasteiger partial charge in [0.15, 0.2) is 0 Å². The van der Waals surface area contributed by atoms with E-state index in [1.807, 2.05) is 23.0 Å². The maximum atomic E-state index is 4.35. The largest absolute Gasteiger partial charge is 0.311 e. The third-order valence-corrected chi connectivity index (χ3v) is 3.61. The molecule has 4 heteroatoms. The SMILES string of the molecule is CC(C)C(CNCc1cnn2ccccc12)N(C)C. The van der Waals surface area contributed by atoms with E-state index in [0.29, 0.717) is 12.0 Å². The Morgan fingerprint density at radius 3 is 2.79 bits per heavy atom. The lowest BCUT2D eigenvalue weighted by molar-refractivity contribution is 0.224. The monoisotopic (exact) mass is 260 g/mol. The Balaban J connectivity index is 1.95. The summed E-state index contributed by atoms with van der Waals surface area (Å²) in [6, 6.07) is 6.72. The van der Waals surface area contributed by atoms with Crippen LogP contribution in [0.2, 0.25) is 0 Å².